The zero-order chi connectivity index (χ0) is 15.5. The third-order valence-electron chi connectivity index (χ3n) is 3.42. The van der Waals surface area contributed by atoms with Crippen LogP contribution in [0.25, 0.3) is 0 Å². The molecule has 0 aliphatic carbocycles. The van der Waals surface area contributed by atoms with Gasteiger partial charge in [0.15, 0.2) is 5.11 Å². The molecule has 21 heavy (non-hydrogen) atoms. The Morgan fingerprint density at radius 3 is 2.48 bits per heavy atom. The average molecular weight is 304 g/mol. The van der Waals surface area contributed by atoms with Gasteiger partial charge in [-0.3, -0.25) is 4.90 Å². The Balaban J connectivity index is 2.13. The monoisotopic (exact) mass is 304 g/mol. The van der Waals surface area contributed by atoms with E-state index in [2.05, 4.69) is 44.0 Å². The van der Waals surface area contributed by atoms with E-state index in [-0.39, 0.29) is 5.54 Å². The number of hydrogen-bond donors (Lipinski definition) is 1. The lowest BCUT2D eigenvalue weighted by molar-refractivity contribution is 0.309. The second-order valence-electron chi connectivity index (χ2n) is 5.97. The second-order valence-corrected chi connectivity index (χ2v) is 6.36. The Morgan fingerprint density at radius 1 is 1.24 bits per heavy atom. The topological polar surface area (TPSA) is 24.5 Å². The van der Waals surface area contributed by atoms with E-state index in [9.17, 15) is 0 Å². The molecule has 0 amide bonds. The van der Waals surface area contributed by atoms with Crippen LogP contribution in [0.1, 0.15) is 40.5 Å². The van der Waals surface area contributed by atoms with Crippen LogP contribution in [0.2, 0.25) is 0 Å². The van der Waals surface area contributed by atoms with E-state index in [0.29, 0.717) is 0 Å². The van der Waals surface area contributed by atoms with Crippen molar-refractivity contribution in [2.24, 2.45) is 0 Å². The van der Waals surface area contributed by atoms with Gasteiger partial charge in [0.2, 0.25) is 0 Å². The summed E-state index contributed by atoms with van der Waals surface area (Å²) in [5.74, 6) is 0.907. The number of allylic oxidation sites excluding steroid dienone is 1. The Bertz CT molecular complexity index is 534. The van der Waals surface area contributed by atoms with Gasteiger partial charge < -0.3 is 10.1 Å². The van der Waals surface area contributed by atoms with Crippen LogP contribution >= 0.6 is 12.2 Å². The summed E-state index contributed by atoms with van der Waals surface area (Å²) < 4.78 is 5.69. The molecule has 0 fully saturated rings. The fourth-order valence-electron chi connectivity index (χ4n) is 2.46. The average Bonchev–Trinajstić information content (AvgIpc) is 2.38. The molecule has 0 saturated heterocycles. The van der Waals surface area contributed by atoms with Crippen molar-refractivity contribution in [3.8, 4) is 5.75 Å². The number of nitrogens with zero attached hydrogens (tertiary/aromatic N) is 1. The van der Waals surface area contributed by atoms with E-state index in [1.807, 2.05) is 24.3 Å². The zero-order valence-electron chi connectivity index (χ0n) is 13.3. The quantitative estimate of drug-likeness (QED) is 0.649. The lowest BCUT2D eigenvalue weighted by atomic mass is 10.0. The van der Waals surface area contributed by atoms with Crippen molar-refractivity contribution in [1.29, 1.82) is 0 Å². The van der Waals surface area contributed by atoms with Crippen molar-refractivity contribution in [1.82, 2.24) is 5.32 Å². The van der Waals surface area contributed by atoms with Gasteiger partial charge in [0, 0.05) is 11.4 Å². The molecule has 1 aliphatic rings. The van der Waals surface area contributed by atoms with E-state index < -0.39 is 0 Å². The summed E-state index contributed by atoms with van der Waals surface area (Å²) in [6.07, 6.45) is 4.42. The van der Waals surface area contributed by atoms with Crippen molar-refractivity contribution >= 4 is 23.0 Å². The molecule has 1 aromatic rings. The molecule has 0 bridgehead atoms. The summed E-state index contributed by atoms with van der Waals surface area (Å²) in [6.45, 7) is 9.25. The van der Waals surface area contributed by atoms with Crippen LogP contribution in [0.4, 0.5) is 5.69 Å². The molecule has 4 heteroatoms. The summed E-state index contributed by atoms with van der Waals surface area (Å²) in [5, 5.41) is 4.08. The van der Waals surface area contributed by atoms with Crippen molar-refractivity contribution in [2.45, 2.75) is 46.1 Å². The molecule has 0 saturated carbocycles. The first-order valence-corrected chi connectivity index (χ1v) is 7.88. The highest BCUT2D eigenvalue weighted by Gasteiger charge is 2.27. The van der Waals surface area contributed by atoms with Crippen LogP contribution in [0, 0.1) is 0 Å². The third kappa shape index (κ3) is 3.97. The Morgan fingerprint density at radius 2 is 1.90 bits per heavy atom. The smallest absolute Gasteiger partial charge is 0.178 e. The Kier molecular flexibility index (Phi) is 4.88. The lowest BCUT2D eigenvalue weighted by Gasteiger charge is -2.38. The van der Waals surface area contributed by atoms with Crippen LogP contribution in [0.15, 0.2) is 36.0 Å². The minimum absolute atomic E-state index is 0.0964. The van der Waals surface area contributed by atoms with Gasteiger partial charge in [-0.25, -0.2) is 0 Å². The molecule has 2 rings (SSSR count). The van der Waals surface area contributed by atoms with Gasteiger partial charge in [-0.15, -0.1) is 0 Å². The molecule has 0 radical (unpaired) electrons. The molecule has 1 aromatic carbocycles. The fourth-order valence-corrected chi connectivity index (χ4v) is 2.97. The van der Waals surface area contributed by atoms with E-state index in [4.69, 9.17) is 17.0 Å². The molecule has 0 unspecified atom stereocenters. The maximum atomic E-state index is 5.69. The first-order valence-electron chi connectivity index (χ1n) is 7.47. The first-order chi connectivity index (χ1) is 9.93. The molecule has 1 heterocycles. The van der Waals surface area contributed by atoms with E-state index >= 15 is 0 Å². The summed E-state index contributed by atoms with van der Waals surface area (Å²) in [5.41, 5.74) is 2.10. The molecule has 0 aromatic heterocycles. The standard InChI is InChI=1S/C17H24N2OS/c1-5-6-11-20-15-9-7-14(8-10-15)19-13(2)12-17(3,4)18-16(19)21/h7-10,12H,5-6,11H2,1-4H3,(H,18,21). The van der Waals surface area contributed by atoms with Crippen molar-refractivity contribution in [3.63, 3.8) is 0 Å². The normalized spacial score (nSPS) is 17.2. The Labute approximate surface area is 133 Å². The van der Waals surface area contributed by atoms with Crippen molar-refractivity contribution in [3.05, 3.63) is 36.0 Å². The zero-order valence-corrected chi connectivity index (χ0v) is 14.1. The fraction of sp³-hybridized carbons (Fsp3) is 0.471. The Hall–Kier alpha value is -1.55. The predicted octanol–water partition coefficient (Wildman–Crippen LogP) is 4.24. The molecule has 3 nitrogen and oxygen atoms in total. The summed E-state index contributed by atoms with van der Waals surface area (Å²) in [4.78, 5) is 2.05. The van der Waals surface area contributed by atoms with E-state index in [1.165, 1.54) is 0 Å². The van der Waals surface area contributed by atoms with Gasteiger partial charge in [0.1, 0.15) is 5.75 Å². The maximum Gasteiger partial charge on any atom is 0.178 e. The minimum atomic E-state index is -0.0964. The number of benzene rings is 1. The van der Waals surface area contributed by atoms with Gasteiger partial charge >= 0.3 is 0 Å². The number of unbranched alkanes of at least 4 members (excludes halogenated alkanes) is 1. The van der Waals surface area contributed by atoms with Gasteiger partial charge in [0.05, 0.1) is 12.1 Å². The lowest BCUT2D eigenvalue weighted by Crippen LogP contribution is -2.53. The molecule has 1 N–H and O–H groups in total. The van der Waals surface area contributed by atoms with E-state index in [1.54, 1.807) is 0 Å². The number of nitrogens with one attached hydrogen (secondary N) is 1. The van der Waals surface area contributed by atoms with Gasteiger partial charge in [-0.2, -0.15) is 0 Å². The second kappa shape index (κ2) is 6.48. The largest absolute Gasteiger partial charge is 0.494 e. The SMILES string of the molecule is CCCCOc1ccc(N2C(=S)NC(C)(C)C=C2C)cc1. The number of thiocarbonyl (C=S) groups is 1. The first kappa shape index (κ1) is 15.8. The highest BCUT2D eigenvalue weighted by Crippen LogP contribution is 2.27. The number of hydrogen-bond acceptors (Lipinski definition) is 2. The third-order valence-corrected chi connectivity index (χ3v) is 3.70. The van der Waals surface area contributed by atoms with Crippen LogP contribution in [-0.2, 0) is 0 Å². The molecule has 0 atom stereocenters. The highest BCUT2D eigenvalue weighted by atomic mass is 32.1. The molecule has 1 aliphatic heterocycles. The van der Waals surface area contributed by atoms with Crippen LogP contribution in [0.5, 0.6) is 5.75 Å². The van der Waals surface area contributed by atoms with Crippen LogP contribution in [0.3, 0.4) is 0 Å². The van der Waals surface area contributed by atoms with Crippen molar-refractivity contribution < 1.29 is 4.74 Å². The summed E-state index contributed by atoms with van der Waals surface area (Å²) in [7, 11) is 0. The van der Waals surface area contributed by atoms with Crippen LogP contribution < -0.4 is 15.0 Å². The molecular weight excluding hydrogens is 280 g/mol. The minimum Gasteiger partial charge on any atom is -0.494 e. The number of rotatable bonds is 5. The van der Waals surface area contributed by atoms with Crippen LogP contribution in [-0.4, -0.2) is 17.3 Å². The molecule has 0 spiro atoms. The van der Waals surface area contributed by atoms with E-state index in [0.717, 1.165) is 41.7 Å². The molecule has 114 valence electrons. The molecular formula is C17H24N2OS. The summed E-state index contributed by atoms with van der Waals surface area (Å²) in [6, 6.07) is 8.09. The number of ether oxygens (including phenoxy) is 1. The van der Waals surface area contributed by atoms with Gasteiger partial charge in [0.25, 0.3) is 0 Å². The predicted molar refractivity (Wildman–Crippen MR) is 92.9 cm³/mol. The number of anilines is 1. The van der Waals surface area contributed by atoms with Crippen molar-refractivity contribution in [2.75, 3.05) is 11.5 Å². The highest BCUT2D eigenvalue weighted by molar-refractivity contribution is 7.80. The summed E-state index contributed by atoms with van der Waals surface area (Å²) >= 11 is 5.50. The van der Waals surface area contributed by atoms with Gasteiger partial charge in [-0.1, -0.05) is 13.3 Å². The maximum absolute atomic E-state index is 5.69. The van der Waals surface area contributed by atoms with Gasteiger partial charge in [-0.05, 0) is 69.8 Å².